The SMILES string of the molecule is CCc1nnsc1C(O)c1ccc(C2CCC2)cc1. The van der Waals surface area contributed by atoms with E-state index < -0.39 is 6.10 Å². The van der Waals surface area contributed by atoms with Crippen LogP contribution in [-0.2, 0) is 6.42 Å². The van der Waals surface area contributed by atoms with Crippen LogP contribution in [0.4, 0.5) is 0 Å². The molecule has 1 saturated carbocycles. The van der Waals surface area contributed by atoms with Gasteiger partial charge in [0.2, 0.25) is 0 Å². The average Bonchev–Trinajstić information content (AvgIpc) is 2.85. The second-order valence-electron chi connectivity index (χ2n) is 5.13. The fourth-order valence-electron chi connectivity index (χ4n) is 2.51. The van der Waals surface area contributed by atoms with E-state index in [2.05, 4.69) is 21.7 Å². The van der Waals surface area contributed by atoms with Gasteiger partial charge in [-0.2, -0.15) is 0 Å². The lowest BCUT2D eigenvalue weighted by Crippen LogP contribution is -2.09. The summed E-state index contributed by atoms with van der Waals surface area (Å²) in [6, 6.07) is 8.39. The van der Waals surface area contributed by atoms with Crippen LogP contribution >= 0.6 is 11.5 Å². The minimum Gasteiger partial charge on any atom is -0.383 e. The van der Waals surface area contributed by atoms with Gasteiger partial charge in [0.1, 0.15) is 6.10 Å². The molecule has 1 atom stereocenters. The molecule has 19 heavy (non-hydrogen) atoms. The van der Waals surface area contributed by atoms with E-state index in [-0.39, 0.29) is 0 Å². The van der Waals surface area contributed by atoms with E-state index in [9.17, 15) is 5.11 Å². The lowest BCUT2D eigenvalue weighted by atomic mass is 9.80. The Kier molecular flexibility index (Phi) is 3.62. The maximum Gasteiger partial charge on any atom is 0.117 e. The molecule has 1 aliphatic carbocycles. The third-order valence-corrected chi connectivity index (χ3v) is 4.82. The van der Waals surface area contributed by atoms with Crippen LogP contribution in [0, 0.1) is 0 Å². The molecule has 0 amide bonds. The number of aliphatic hydroxyl groups is 1. The fourth-order valence-corrected chi connectivity index (χ4v) is 3.27. The normalized spacial score (nSPS) is 17.2. The van der Waals surface area contributed by atoms with Crippen LogP contribution in [0.1, 0.15) is 59.9 Å². The zero-order valence-corrected chi connectivity index (χ0v) is 11.9. The van der Waals surface area contributed by atoms with Crippen LogP contribution in [0.2, 0.25) is 0 Å². The summed E-state index contributed by atoms with van der Waals surface area (Å²) >= 11 is 1.29. The largest absolute Gasteiger partial charge is 0.383 e. The average molecular weight is 274 g/mol. The number of nitrogens with zero attached hydrogens (tertiary/aromatic N) is 2. The molecule has 0 radical (unpaired) electrons. The molecule has 1 aliphatic rings. The number of benzene rings is 1. The maximum absolute atomic E-state index is 10.4. The van der Waals surface area contributed by atoms with Crippen LogP contribution in [0.25, 0.3) is 0 Å². The van der Waals surface area contributed by atoms with Crippen molar-refractivity contribution in [3.63, 3.8) is 0 Å². The molecule has 2 aromatic rings. The van der Waals surface area contributed by atoms with Gasteiger partial charge in [0.25, 0.3) is 0 Å². The first-order valence-electron chi connectivity index (χ1n) is 6.88. The van der Waals surface area contributed by atoms with Crippen molar-refractivity contribution >= 4 is 11.5 Å². The van der Waals surface area contributed by atoms with E-state index in [1.54, 1.807) is 0 Å². The van der Waals surface area contributed by atoms with Gasteiger partial charge in [-0.3, -0.25) is 0 Å². The highest BCUT2D eigenvalue weighted by Crippen LogP contribution is 2.37. The minimum absolute atomic E-state index is 0.592. The summed E-state index contributed by atoms with van der Waals surface area (Å²) in [6.07, 6.45) is 4.18. The number of aryl methyl sites for hydroxylation is 1. The van der Waals surface area contributed by atoms with E-state index in [4.69, 9.17) is 0 Å². The summed E-state index contributed by atoms with van der Waals surface area (Å²) in [4.78, 5) is 0.874. The lowest BCUT2D eigenvalue weighted by molar-refractivity contribution is 0.223. The Bertz CT molecular complexity index is 546. The van der Waals surface area contributed by atoms with Gasteiger partial charge in [-0.25, -0.2) is 0 Å². The molecule has 0 saturated heterocycles. The van der Waals surface area contributed by atoms with Gasteiger partial charge >= 0.3 is 0 Å². The zero-order valence-electron chi connectivity index (χ0n) is 11.0. The predicted octanol–water partition coefficient (Wildman–Crippen LogP) is 3.45. The van der Waals surface area contributed by atoms with Gasteiger partial charge in [0.05, 0.1) is 10.6 Å². The first-order chi connectivity index (χ1) is 9.29. The molecular formula is C15H18N2OS. The van der Waals surface area contributed by atoms with Crippen LogP contribution in [0.5, 0.6) is 0 Å². The van der Waals surface area contributed by atoms with Crippen molar-refractivity contribution in [3.05, 3.63) is 46.0 Å². The van der Waals surface area contributed by atoms with Crippen molar-refractivity contribution in [2.75, 3.05) is 0 Å². The molecule has 1 heterocycles. The summed E-state index contributed by atoms with van der Waals surface area (Å²) in [5.74, 6) is 0.738. The van der Waals surface area contributed by atoms with E-state index in [1.807, 2.05) is 19.1 Å². The van der Waals surface area contributed by atoms with Crippen molar-refractivity contribution in [3.8, 4) is 0 Å². The Labute approximate surface area is 117 Å². The molecule has 0 aliphatic heterocycles. The summed E-state index contributed by atoms with van der Waals surface area (Å²) in [6.45, 7) is 2.03. The summed E-state index contributed by atoms with van der Waals surface area (Å²) in [5, 5.41) is 14.5. The first kappa shape index (κ1) is 12.8. The topological polar surface area (TPSA) is 46.0 Å². The number of hydrogen-bond donors (Lipinski definition) is 1. The van der Waals surface area contributed by atoms with Crippen LogP contribution in [0.15, 0.2) is 24.3 Å². The second-order valence-corrected chi connectivity index (χ2v) is 5.92. The molecule has 1 fully saturated rings. The summed E-state index contributed by atoms with van der Waals surface area (Å²) in [7, 11) is 0. The smallest absolute Gasteiger partial charge is 0.117 e. The Morgan fingerprint density at radius 2 is 2.05 bits per heavy atom. The molecule has 4 heteroatoms. The van der Waals surface area contributed by atoms with Gasteiger partial charge in [0, 0.05) is 0 Å². The van der Waals surface area contributed by atoms with Crippen LogP contribution < -0.4 is 0 Å². The third kappa shape index (κ3) is 2.42. The Balaban J connectivity index is 1.81. The maximum atomic E-state index is 10.4. The van der Waals surface area contributed by atoms with Crippen molar-refractivity contribution in [1.29, 1.82) is 0 Å². The predicted molar refractivity (Wildman–Crippen MR) is 76.4 cm³/mol. The zero-order chi connectivity index (χ0) is 13.2. The highest BCUT2D eigenvalue weighted by molar-refractivity contribution is 7.05. The second kappa shape index (κ2) is 5.39. The van der Waals surface area contributed by atoms with Crippen LogP contribution in [-0.4, -0.2) is 14.7 Å². The number of rotatable bonds is 4. The number of aliphatic hydroxyl groups excluding tert-OH is 1. The molecule has 3 rings (SSSR count). The minimum atomic E-state index is -0.592. The molecule has 3 nitrogen and oxygen atoms in total. The molecule has 1 unspecified atom stereocenters. The first-order valence-corrected chi connectivity index (χ1v) is 7.66. The molecule has 0 bridgehead atoms. The third-order valence-electron chi connectivity index (χ3n) is 4.00. The van der Waals surface area contributed by atoms with E-state index in [0.29, 0.717) is 0 Å². The Hall–Kier alpha value is -1.26. The van der Waals surface area contributed by atoms with Gasteiger partial charge in [-0.1, -0.05) is 42.1 Å². The summed E-state index contributed by atoms with van der Waals surface area (Å²) < 4.78 is 3.94. The molecule has 100 valence electrons. The monoisotopic (exact) mass is 274 g/mol. The van der Waals surface area contributed by atoms with Crippen LogP contribution in [0.3, 0.4) is 0 Å². The quantitative estimate of drug-likeness (QED) is 0.929. The highest BCUT2D eigenvalue weighted by Gasteiger charge is 2.21. The van der Waals surface area contributed by atoms with Crippen molar-refractivity contribution < 1.29 is 5.11 Å². The van der Waals surface area contributed by atoms with Crippen molar-refractivity contribution in [2.24, 2.45) is 0 Å². The molecule has 1 aromatic carbocycles. The van der Waals surface area contributed by atoms with E-state index >= 15 is 0 Å². The standard InChI is InChI=1S/C15H18N2OS/c1-2-13-15(19-17-16-13)14(18)12-8-6-11(7-9-12)10-4-3-5-10/h6-10,14,18H,2-5H2,1H3. The highest BCUT2D eigenvalue weighted by atomic mass is 32.1. The molecular weight excluding hydrogens is 256 g/mol. The van der Waals surface area contributed by atoms with Gasteiger partial charge in [-0.05, 0) is 47.8 Å². The summed E-state index contributed by atoms with van der Waals surface area (Å²) in [5.41, 5.74) is 3.24. The molecule has 0 spiro atoms. The van der Waals surface area contributed by atoms with Gasteiger partial charge in [0.15, 0.2) is 0 Å². The van der Waals surface area contributed by atoms with Gasteiger partial charge in [-0.15, -0.1) is 5.10 Å². The van der Waals surface area contributed by atoms with E-state index in [0.717, 1.165) is 28.5 Å². The van der Waals surface area contributed by atoms with Gasteiger partial charge < -0.3 is 5.11 Å². The Morgan fingerprint density at radius 1 is 1.32 bits per heavy atom. The Morgan fingerprint density at radius 3 is 2.63 bits per heavy atom. The van der Waals surface area contributed by atoms with Crippen molar-refractivity contribution in [1.82, 2.24) is 9.59 Å². The molecule has 1 N–H and O–H groups in total. The van der Waals surface area contributed by atoms with E-state index in [1.165, 1.54) is 36.4 Å². The lowest BCUT2D eigenvalue weighted by Gasteiger charge is -2.26. The van der Waals surface area contributed by atoms with Crippen molar-refractivity contribution in [2.45, 2.75) is 44.6 Å². The molecule has 1 aromatic heterocycles. The number of aromatic nitrogens is 2. The fraction of sp³-hybridized carbons (Fsp3) is 0.467. The number of hydrogen-bond acceptors (Lipinski definition) is 4.